The smallest absolute Gasteiger partial charge is 0.239 e. The van der Waals surface area contributed by atoms with Crippen molar-refractivity contribution in [2.75, 3.05) is 32.4 Å². The van der Waals surface area contributed by atoms with Gasteiger partial charge in [-0.05, 0) is 35.4 Å². The van der Waals surface area contributed by atoms with Gasteiger partial charge in [0.15, 0.2) is 0 Å². The fourth-order valence-corrected chi connectivity index (χ4v) is 4.82. The predicted molar refractivity (Wildman–Crippen MR) is 137 cm³/mol. The number of fused-ring (bicyclic) bond motifs is 1. The van der Waals surface area contributed by atoms with Crippen LogP contribution >= 0.6 is 11.9 Å². The molecule has 0 unspecified atom stereocenters. The maximum absolute atomic E-state index is 12.4. The van der Waals surface area contributed by atoms with Crippen LogP contribution in [0.1, 0.15) is 18.4 Å². The number of amides is 2. The lowest BCUT2D eigenvalue weighted by molar-refractivity contribution is -0.126. The third-order valence-corrected chi connectivity index (χ3v) is 6.70. The topological polar surface area (TPSA) is 64.7 Å². The number of carbonyl (C=O) groups is 2. The number of rotatable bonds is 9. The van der Waals surface area contributed by atoms with E-state index in [4.69, 9.17) is 22.1 Å². The van der Waals surface area contributed by atoms with Crippen molar-refractivity contribution in [3.63, 3.8) is 0 Å². The quantitative estimate of drug-likeness (QED) is 0.337. The zero-order valence-electron chi connectivity index (χ0n) is 18.9. The van der Waals surface area contributed by atoms with Gasteiger partial charge in [-0.15, -0.1) is 6.42 Å². The Morgan fingerprint density at radius 3 is 2.58 bits per heavy atom. The standard InChI is InChI=1S/C24H28B2N4O2S/c1-3-24(25,26)28-22(31)15-27-23(32)17-30(33-2)20-11-13-29(14-12-20)16-19-9-6-8-18-7-4-5-10-21(18)19/h1,4-10,20H,11-17H2,2H3,(H,27,32)(H,28,31). The van der Waals surface area contributed by atoms with Crippen molar-refractivity contribution >= 4 is 50.2 Å². The Balaban J connectivity index is 1.46. The number of benzene rings is 2. The molecule has 2 N–H and O–H groups in total. The number of nitrogens with zero attached hydrogens (tertiary/aromatic N) is 2. The lowest BCUT2D eigenvalue weighted by Crippen LogP contribution is -2.52. The Morgan fingerprint density at radius 2 is 1.88 bits per heavy atom. The minimum atomic E-state index is -1.73. The lowest BCUT2D eigenvalue weighted by atomic mass is 9.62. The summed E-state index contributed by atoms with van der Waals surface area (Å²) in [6.45, 7) is 2.83. The summed E-state index contributed by atoms with van der Waals surface area (Å²) in [7, 11) is 11.0. The van der Waals surface area contributed by atoms with E-state index in [0.29, 0.717) is 6.04 Å². The van der Waals surface area contributed by atoms with Gasteiger partial charge in [0.2, 0.25) is 11.8 Å². The molecule has 1 aliphatic heterocycles. The van der Waals surface area contributed by atoms with Crippen LogP contribution in [0.15, 0.2) is 42.5 Å². The van der Waals surface area contributed by atoms with Crippen molar-refractivity contribution in [1.82, 2.24) is 19.8 Å². The largest absolute Gasteiger partial charge is 0.355 e. The van der Waals surface area contributed by atoms with E-state index < -0.39 is 11.2 Å². The predicted octanol–water partition coefficient (Wildman–Crippen LogP) is 1.24. The summed E-state index contributed by atoms with van der Waals surface area (Å²) in [5, 5.41) is 5.70. The molecule has 2 aromatic rings. The number of terminal acetylenes is 1. The highest BCUT2D eigenvalue weighted by atomic mass is 32.2. The normalized spacial score (nSPS) is 15.3. The van der Waals surface area contributed by atoms with Gasteiger partial charge in [-0.25, -0.2) is 4.31 Å². The van der Waals surface area contributed by atoms with E-state index in [9.17, 15) is 9.59 Å². The minimum absolute atomic E-state index is 0.202. The van der Waals surface area contributed by atoms with Gasteiger partial charge >= 0.3 is 0 Å². The number of piperidine rings is 1. The van der Waals surface area contributed by atoms with Crippen LogP contribution in [-0.2, 0) is 16.1 Å². The van der Waals surface area contributed by atoms with Gasteiger partial charge in [0, 0.05) is 31.0 Å². The van der Waals surface area contributed by atoms with Gasteiger partial charge in [-0.2, -0.15) is 0 Å². The third-order valence-electron chi connectivity index (χ3n) is 5.80. The van der Waals surface area contributed by atoms with Crippen LogP contribution in [0.4, 0.5) is 0 Å². The van der Waals surface area contributed by atoms with Crippen LogP contribution in [0, 0.1) is 12.3 Å². The van der Waals surface area contributed by atoms with E-state index in [-0.39, 0.29) is 19.0 Å². The van der Waals surface area contributed by atoms with Gasteiger partial charge < -0.3 is 10.6 Å². The van der Waals surface area contributed by atoms with Crippen molar-refractivity contribution in [2.24, 2.45) is 0 Å². The molecule has 0 atom stereocenters. The van der Waals surface area contributed by atoms with Crippen molar-refractivity contribution in [1.29, 1.82) is 0 Å². The van der Waals surface area contributed by atoms with Crippen LogP contribution in [0.3, 0.4) is 0 Å². The van der Waals surface area contributed by atoms with E-state index >= 15 is 0 Å². The molecule has 2 amide bonds. The van der Waals surface area contributed by atoms with E-state index in [1.807, 2.05) is 6.26 Å². The molecule has 0 spiro atoms. The van der Waals surface area contributed by atoms with E-state index in [2.05, 4.69) is 68.2 Å². The average Bonchev–Trinajstić information content (AvgIpc) is 2.82. The molecule has 1 aliphatic rings. The molecule has 4 radical (unpaired) electrons. The highest BCUT2D eigenvalue weighted by molar-refractivity contribution is 7.96. The van der Waals surface area contributed by atoms with Crippen molar-refractivity contribution < 1.29 is 9.59 Å². The zero-order chi connectivity index (χ0) is 23.8. The van der Waals surface area contributed by atoms with Crippen LogP contribution in [-0.4, -0.2) is 80.5 Å². The summed E-state index contributed by atoms with van der Waals surface area (Å²) in [6.07, 6.45) is 9.06. The summed E-state index contributed by atoms with van der Waals surface area (Å²) < 4.78 is 2.08. The number of likely N-dealkylation sites (tertiary alicyclic amines) is 1. The second-order valence-corrected chi connectivity index (χ2v) is 9.08. The van der Waals surface area contributed by atoms with Crippen molar-refractivity contribution in [3.8, 4) is 12.3 Å². The van der Waals surface area contributed by atoms with Crippen LogP contribution in [0.25, 0.3) is 10.8 Å². The maximum Gasteiger partial charge on any atom is 0.239 e. The minimum Gasteiger partial charge on any atom is -0.355 e. The van der Waals surface area contributed by atoms with Crippen LogP contribution in [0.2, 0.25) is 0 Å². The molecule has 9 heteroatoms. The Bertz CT molecular complexity index is 1010. The first-order chi connectivity index (χ1) is 15.8. The number of hydrogen-bond acceptors (Lipinski definition) is 5. The molecule has 1 fully saturated rings. The first-order valence-electron chi connectivity index (χ1n) is 10.9. The highest BCUT2D eigenvalue weighted by Crippen LogP contribution is 2.25. The molecule has 0 aromatic heterocycles. The number of hydrogen-bond donors (Lipinski definition) is 2. The van der Waals surface area contributed by atoms with Gasteiger partial charge in [0.05, 0.1) is 13.1 Å². The van der Waals surface area contributed by atoms with Gasteiger partial charge in [-0.1, -0.05) is 60.3 Å². The van der Waals surface area contributed by atoms with E-state index in [1.54, 1.807) is 11.9 Å². The summed E-state index contributed by atoms with van der Waals surface area (Å²) in [5.41, 5.74) is 1.34. The SMILES string of the molecule is [B]C([B])(C#C)NC(=O)CNC(=O)CN(SC)C1CCN(Cc2cccc3ccccc23)CC1. The number of nitrogens with one attached hydrogen (secondary N) is 2. The summed E-state index contributed by atoms with van der Waals surface area (Å²) in [5.74, 6) is 1.29. The summed E-state index contributed by atoms with van der Waals surface area (Å²) >= 11 is 1.55. The molecule has 2 aromatic carbocycles. The molecule has 1 saturated heterocycles. The van der Waals surface area contributed by atoms with E-state index in [1.165, 1.54) is 16.3 Å². The lowest BCUT2D eigenvalue weighted by Gasteiger charge is -2.37. The van der Waals surface area contributed by atoms with Gasteiger partial charge in [-0.3, -0.25) is 14.5 Å². The van der Waals surface area contributed by atoms with Gasteiger partial charge in [0.25, 0.3) is 0 Å². The average molecular weight is 458 g/mol. The molecule has 0 bridgehead atoms. The fourth-order valence-electron chi connectivity index (χ4n) is 4.07. The monoisotopic (exact) mass is 458 g/mol. The Labute approximate surface area is 203 Å². The summed E-state index contributed by atoms with van der Waals surface area (Å²) in [6, 6.07) is 15.2. The molecule has 168 valence electrons. The van der Waals surface area contributed by atoms with Gasteiger partial charge in [0.1, 0.15) is 15.7 Å². The Morgan fingerprint density at radius 1 is 1.18 bits per heavy atom. The molecule has 0 saturated carbocycles. The third kappa shape index (κ3) is 7.29. The molecule has 6 nitrogen and oxygen atoms in total. The highest BCUT2D eigenvalue weighted by Gasteiger charge is 2.26. The van der Waals surface area contributed by atoms with Crippen LogP contribution in [0.5, 0.6) is 0 Å². The molecule has 0 aliphatic carbocycles. The van der Waals surface area contributed by atoms with E-state index in [0.717, 1.165) is 32.5 Å². The first kappa shape index (κ1) is 25.2. The fraction of sp³-hybridized carbons (Fsp3) is 0.417. The first-order valence-corrected chi connectivity index (χ1v) is 12.1. The number of carbonyl (C=O) groups excluding carboxylic acids is 2. The Kier molecular flexibility index (Phi) is 8.90. The molecule has 3 rings (SSSR count). The molecule has 33 heavy (non-hydrogen) atoms. The van der Waals surface area contributed by atoms with Crippen molar-refractivity contribution in [3.05, 3.63) is 48.0 Å². The molecular weight excluding hydrogens is 430 g/mol. The van der Waals surface area contributed by atoms with Crippen LogP contribution < -0.4 is 10.6 Å². The zero-order valence-corrected chi connectivity index (χ0v) is 19.7. The molecular formula is C24H28B2N4O2S. The van der Waals surface area contributed by atoms with Crippen molar-refractivity contribution in [2.45, 2.75) is 30.8 Å². The Hall–Kier alpha value is -2.40. The molecule has 1 heterocycles. The second kappa shape index (κ2) is 11.6. The maximum atomic E-state index is 12.4. The summed E-state index contributed by atoms with van der Waals surface area (Å²) in [4.78, 5) is 26.7. The second-order valence-electron chi connectivity index (χ2n) is 8.24.